The van der Waals surface area contributed by atoms with E-state index in [-0.39, 0.29) is 23.4 Å². The fraction of sp³-hybridized carbons (Fsp3) is 0.789. The van der Waals surface area contributed by atoms with E-state index in [1.54, 1.807) is 6.08 Å². The Morgan fingerprint density at radius 3 is 2.04 bits per heavy atom. The van der Waals surface area contributed by atoms with Gasteiger partial charge in [-0.15, -0.1) is 4.52 Å². The lowest BCUT2D eigenvalue weighted by atomic mass is 9.62. The highest BCUT2D eigenvalue weighted by molar-refractivity contribution is 7.30. The van der Waals surface area contributed by atoms with Crippen LogP contribution >= 0.6 is 8.25 Å². The molecule has 3 unspecified atom stereocenters. The number of hydrogen-bond donors (Lipinski definition) is 1. The monoisotopic (exact) mass is 358 g/mol. The van der Waals surface area contributed by atoms with Crippen LogP contribution in [0.2, 0.25) is 0 Å². The Kier molecular flexibility index (Phi) is 9.03. The highest BCUT2D eigenvalue weighted by Crippen LogP contribution is 2.47. The topological polar surface area (TPSA) is 69.6 Å². The lowest BCUT2D eigenvalue weighted by molar-refractivity contribution is -0.185. The molecule has 1 aliphatic carbocycles. The fourth-order valence-electron chi connectivity index (χ4n) is 2.48. The largest absolute Gasteiger partial charge is 0.566 e. The predicted molar refractivity (Wildman–Crippen MR) is 98.7 cm³/mol. The zero-order valence-electron chi connectivity index (χ0n) is 16.5. The Bertz CT molecular complexity index is 467. The van der Waals surface area contributed by atoms with Crippen LogP contribution in [0.3, 0.4) is 0 Å². The first-order valence-corrected chi connectivity index (χ1v) is 9.81. The van der Waals surface area contributed by atoms with Crippen molar-refractivity contribution in [3.8, 4) is 0 Å². The Labute approximate surface area is 149 Å². The normalized spacial score (nSPS) is 24.8. The van der Waals surface area contributed by atoms with Crippen molar-refractivity contribution < 1.29 is 19.1 Å². The van der Waals surface area contributed by atoms with Crippen LogP contribution in [0.15, 0.2) is 23.8 Å². The molecule has 24 heavy (non-hydrogen) atoms. The first-order chi connectivity index (χ1) is 10.8. The van der Waals surface area contributed by atoms with Crippen molar-refractivity contribution in [2.45, 2.75) is 73.8 Å². The molecule has 0 saturated carbocycles. The van der Waals surface area contributed by atoms with Gasteiger partial charge in [0, 0.05) is 5.92 Å². The van der Waals surface area contributed by atoms with E-state index in [1.807, 2.05) is 53.7 Å². The van der Waals surface area contributed by atoms with Gasteiger partial charge in [0.15, 0.2) is 0 Å². The van der Waals surface area contributed by atoms with Gasteiger partial charge in [0.1, 0.15) is 12.2 Å². The quantitative estimate of drug-likeness (QED) is 0.581. The standard InChI is InChI=1S/C15H25O4P.C4H10/c1-13(2,3)12-9-11(10-19-20(17)18)7-8-15(12,16)14(4,5)6;1-3-4-2/h7-9,11,16H,10H2,1-6H3;3-4H2,1-2H3. The van der Waals surface area contributed by atoms with E-state index in [0.29, 0.717) is 0 Å². The van der Waals surface area contributed by atoms with Crippen LogP contribution in [-0.4, -0.2) is 17.3 Å². The molecular formula is C19H35O4P. The minimum atomic E-state index is -2.84. The molecule has 5 heteroatoms. The van der Waals surface area contributed by atoms with Crippen LogP contribution in [0.25, 0.3) is 0 Å². The van der Waals surface area contributed by atoms with Crippen molar-refractivity contribution in [2.24, 2.45) is 16.7 Å². The smallest absolute Gasteiger partial charge is 0.488 e. The van der Waals surface area contributed by atoms with E-state index in [1.165, 1.54) is 12.8 Å². The predicted octanol–water partition coefficient (Wildman–Crippen LogP) is 4.76. The molecule has 4 nitrogen and oxygen atoms in total. The summed E-state index contributed by atoms with van der Waals surface area (Å²) in [4.78, 5) is 10.5. The van der Waals surface area contributed by atoms with E-state index in [9.17, 15) is 14.6 Å². The van der Waals surface area contributed by atoms with Crippen molar-refractivity contribution in [2.75, 3.05) is 6.61 Å². The van der Waals surface area contributed by atoms with Crippen LogP contribution in [0.1, 0.15) is 68.2 Å². The fourth-order valence-corrected chi connectivity index (χ4v) is 2.77. The second kappa shape index (κ2) is 9.24. The third kappa shape index (κ3) is 6.76. The highest BCUT2D eigenvalue weighted by Gasteiger charge is 2.46. The Hall–Kier alpha value is -0.540. The molecule has 0 amide bonds. The van der Waals surface area contributed by atoms with Gasteiger partial charge in [-0.25, -0.2) is 0 Å². The maximum atomic E-state index is 11.1. The summed E-state index contributed by atoms with van der Waals surface area (Å²) >= 11 is 0. The Balaban J connectivity index is 0.00000118. The molecule has 1 N–H and O–H groups in total. The second-order valence-corrected chi connectivity index (χ2v) is 9.09. The molecule has 0 aliphatic heterocycles. The molecule has 0 heterocycles. The second-order valence-electron chi connectivity index (χ2n) is 8.39. The van der Waals surface area contributed by atoms with E-state index in [2.05, 4.69) is 18.4 Å². The van der Waals surface area contributed by atoms with Crippen molar-refractivity contribution in [3.63, 3.8) is 0 Å². The zero-order chi connectivity index (χ0) is 19.2. The van der Waals surface area contributed by atoms with Gasteiger partial charge in [0.2, 0.25) is 0 Å². The van der Waals surface area contributed by atoms with E-state index >= 15 is 0 Å². The van der Waals surface area contributed by atoms with Gasteiger partial charge < -0.3 is 10.00 Å². The molecule has 0 bridgehead atoms. The third-order valence-corrected chi connectivity index (χ3v) is 4.56. The minimum Gasteiger partial charge on any atom is -0.566 e. The summed E-state index contributed by atoms with van der Waals surface area (Å²) in [6, 6.07) is 0. The van der Waals surface area contributed by atoms with Gasteiger partial charge >= 0.3 is 8.25 Å². The molecule has 0 aromatic rings. The van der Waals surface area contributed by atoms with Crippen molar-refractivity contribution in [1.82, 2.24) is 0 Å². The summed E-state index contributed by atoms with van der Waals surface area (Å²) in [6.45, 7) is 16.5. The molecule has 0 saturated heterocycles. The van der Waals surface area contributed by atoms with Crippen LogP contribution in [0.5, 0.6) is 0 Å². The third-order valence-electron chi connectivity index (χ3n) is 4.20. The van der Waals surface area contributed by atoms with Gasteiger partial charge in [0.25, 0.3) is 0 Å². The van der Waals surface area contributed by atoms with E-state index in [0.717, 1.165) is 5.57 Å². The van der Waals surface area contributed by atoms with E-state index < -0.39 is 13.9 Å². The van der Waals surface area contributed by atoms with E-state index in [4.69, 9.17) is 0 Å². The molecule has 3 atom stereocenters. The SMILES string of the molecule is CC(C)(C)C1=CC(CO[P+](=O)[O-])C=CC1(O)C(C)(C)C.CCCC. The van der Waals surface area contributed by atoms with Crippen molar-refractivity contribution in [1.29, 1.82) is 0 Å². The molecular weight excluding hydrogens is 323 g/mol. The average molecular weight is 358 g/mol. The first-order valence-electron chi connectivity index (χ1n) is 8.71. The molecule has 0 radical (unpaired) electrons. The summed E-state index contributed by atoms with van der Waals surface area (Å²) in [7, 11) is -2.84. The van der Waals surface area contributed by atoms with Crippen molar-refractivity contribution >= 4 is 8.25 Å². The lowest BCUT2D eigenvalue weighted by Crippen LogP contribution is -2.48. The number of aliphatic hydroxyl groups is 1. The number of hydrogen-bond acceptors (Lipinski definition) is 4. The summed E-state index contributed by atoms with van der Waals surface area (Å²) < 4.78 is 15.2. The molecule has 140 valence electrons. The molecule has 0 aromatic heterocycles. The summed E-state index contributed by atoms with van der Waals surface area (Å²) in [5.74, 6) is -0.139. The van der Waals surface area contributed by atoms with Crippen molar-refractivity contribution in [3.05, 3.63) is 23.8 Å². The Morgan fingerprint density at radius 2 is 1.71 bits per heavy atom. The molecule has 1 rings (SSSR count). The minimum absolute atomic E-state index is 0.0784. The van der Waals surface area contributed by atoms with Crippen LogP contribution in [0.4, 0.5) is 0 Å². The van der Waals surface area contributed by atoms with Crippen LogP contribution < -0.4 is 4.89 Å². The van der Waals surface area contributed by atoms with Gasteiger partial charge in [-0.2, -0.15) is 0 Å². The van der Waals surface area contributed by atoms with Crippen LogP contribution in [0, 0.1) is 16.7 Å². The zero-order valence-corrected chi connectivity index (χ0v) is 17.4. The molecule has 0 aromatic carbocycles. The average Bonchev–Trinajstić information content (AvgIpc) is 2.44. The maximum absolute atomic E-state index is 11.1. The summed E-state index contributed by atoms with van der Waals surface area (Å²) in [6.07, 6.45) is 8.17. The van der Waals surface area contributed by atoms with Crippen LogP contribution in [-0.2, 0) is 9.09 Å². The number of rotatable bonds is 4. The van der Waals surface area contributed by atoms with Gasteiger partial charge in [-0.05, 0) is 21.0 Å². The number of unbranched alkanes of at least 4 members (excludes halogenated alkanes) is 1. The maximum Gasteiger partial charge on any atom is 0.488 e. The Morgan fingerprint density at radius 1 is 1.21 bits per heavy atom. The molecule has 0 spiro atoms. The highest BCUT2D eigenvalue weighted by atomic mass is 31.1. The first kappa shape index (κ1) is 23.5. The lowest BCUT2D eigenvalue weighted by Gasteiger charge is -2.47. The summed E-state index contributed by atoms with van der Waals surface area (Å²) in [5, 5.41) is 11.1. The van der Waals surface area contributed by atoms with Gasteiger partial charge in [-0.3, -0.25) is 0 Å². The van der Waals surface area contributed by atoms with Gasteiger partial charge in [0.05, 0.1) is 0 Å². The van der Waals surface area contributed by atoms with Gasteiger partial charge in [-0.1, -0.05) is 86.5 Å². The summed E-state index contributed by atoms with van der Waals surface area (Å²) in [5.41, 5.74) is -0.709. The molecule has 1 aliphatic rings. The molecule has 0 fully saturated rings.